The summed E-state index contributed by atoms with van der Waals surface area (Å²) in [5, 5.41) is 0. The lowest BCUT2D eigenvalue weighted by Crippen LogP contribution is -2.05. The molecule has 0 aliphatic carbocycles. The Morgan fingerprint density at radius 3 is 2.25 bits per heavy atom. The number of alkyl halides is 3. The summed E-state index contributed by atoms with van der Waals surface area (Å²) in [5.74, 6) is 0. The fourth-order valence-electron chi connectivity index (χ4n) is 0.872. The zero-order valence-electron chi connectivity index (χ0n) is 7.32. The first-order valence-electron chi connectivity index (χ1n) is 4.28. The van der Waals surface area contributed by atoms with Crippen molar-refractivity contribution >= 4 is 0 Å². The largest absolute Gasteiger partial charge is 0.389 e. The molecular formula is C9H15F3. The predicted molar refractivity (Wildman–Crippen MR) is 44.0 cm³/mol. The molecule has 12 heavy (non-hydrogen) atoms. The van der Waals surface area contributed by atoms with Crippen LogP contribution in [0.25, 0.3) is 0 Å². The Bertz CT molecular complexity index is 124. The molecule has 0 N–H and O–H groups in total. The Hall–Kier alpha value is -0.470. The topological polar surface area (TPSA) is 0 Å². The van der Waals surface area contributed by atoms with E-state index in [0.29, 0.717) is 6.42 Å². The van der Waals surface area contributed by atoms with Crippen LogP contribution in [0.5, 0.6) is 0 Å². The van der Waals surface area contributed by atoms with Gasteiger partial charge in [-0.05, 0) is 25.7 Å². The predicted octanol–water partition coefficient (Wildman–Crippen LogP) is 4.08. The van der Waals surface area contributed by atoms with Gasteiger partial charge < -0.3 is 0 Å². The maximum atomic E-state index is 11.6. The average molecular weight is 180 g/mol. The second-order valence-corrected chi connectivity index (χ2v) is 2.74. The van der Waals surface area contributed by atoms with Crippen LogP contribution in [0.15, 0.2) is 12.2 Å². The molecule has 72 valence electrons. The summed E-state index contributed by atoms with van der Waals surface area (Å²) in [6.45, 7) is 2.01. The highest BCUT2D eigenvalue weighted by Crippen LogP contribution is 2.22. The Kier molecular flexibility index (Phi) is 5.85. The van der Waals surface area contributed by atoms with Crippen LogP contribution in [-0.4, -0.2) is 6.18 Å². The minimum absolute atomic E-state index is 0.248. The molecule has 0 aromatic rings. The Morgan fingerprint density at radius 2 is 1.75 bits per heavy atom. The van der Waals surface area contributed by atoms with Crippen molar-refractivity contribution < 1.29 is 13.2 Å². The molecule has 0 aliphatic heterocycles. The third-order valence-electron chi connectivity index (χ3n) is 1.48. The first-order valence-corrected chi connectivity index (χ1v) is 4.28. The molecule has 0 rings (SSSR count). The van der Waals surface area contributed by atoms with E-state index in [1.807, 2.05) is 19.1 Å². The molecule has 0 amide bonds. The van der Waals surface area contributed by atoms with Crippen molar-refractivity contribution in [1.82, 2.24) is 0 Å². The molecule has 0 bridgehead atoms. The van der Waals surface area contributed by atoms with Crippen molar-refractivity contribution in [3.05, 3.63) is 12.2 Å². The molecule has 0 unspecified atom stereocenters. The van der Waals surface area contributed by atoms with Crippen LogP contribution < -0.4 is 0 Å². The summed E-state index contributed by atoms with van der Waals surface area (Å²) in [6, 6.07) is 0. The van der Waals surface area contributed by atoms with E-state index in [0.717, 1.165) is 12.8 Å². The summed E-state index contributed by atoms with van der Waals surface area (Å²) in [7, 11) is 0. The standard InChI is InChI=1S/C9H15F3/c1-2-3-4-5-6-7-8-9(10,11)12/h3-4H,2,5-8H2,1H3. The second kappa shape index (κ2) is 6.09. The Balaban J connectivity index is 3.17. The number of hydrogen-bond acceptors (Lipinski definition) is 0. The van der Waals surface area contributed by atoms with Crippen molar-refractivity contribution in [2.24, 2.45) is 0 Å². The molecule has 0 aromatic heterocycles. The molecule has 0 radical (unpaired) electrons. The van der Waals surface area contributed by atoms with Crippen LogP contribution in [0.2, 0.25) is 0 Å². The maximum Gasteiger partial charge on any atom is 0.389 e. The molecule has 0 atom stereocenters. The number of halogens is 3. The number of rotatable bonds is 5. The van der Waals surface area contributed by atoms with Crippen molar-refractivity contribution in [3.63, 3.8) is 0 Å². The van der Waals surface area contributed by atoms with Crippen LogP contribution >= 0.6 is 0 Å². The number of allylic oxidation sites excluding steroid dienone is 2. The van der Waals surface area contributed by atoms with E-state index >= 15 is 0 Å². The highest BCUT2D eigenvalue weighted by molar-refractivity contribution is 4.79. The lowest BCUT2D eigenvalue weighted by molar-refractivity contribution is -0.135. The van der Waals surface area contributed by atoms with Gasteiger partial charge in [0.25, 0.3) is 0 Å². The first kappa shape index (κ1) is 11.5. The minimum atomic E-state index is -3.98. The molecular weight excluding hydrogens is 165 g/mol. The van der Waals surface area contributed by atoms with Gasteiger partial charge in [0.05, 0.1) is 0 Å². The van der Waals surface area contributed by atoms with Gasteiger partial charge in [-0.1, -0.05) is 19.1 Å². The van der Waals surface area contributed by atoms with Gasteiger partial charge in [0.2, 0.25) is 0 Å². The van der Waals surface area contributed by atoms with Crippen LogP contribution in [0.3, 0.4) is 0 Å². The molecule has 0 fully saturated rings. The Morgan fingerprint density at radius 1 is 1.08 bits per heavy atom. The quantitative estimate of drug-likeness (QED) is 0.442. The second-order valence-electron chi connectivity index (χ2n) is 2.74. The van der Waals surface area contributed by atoms with Gasteiger partial charge in [-0.25, -0.2) is 0 Å². The number of hydrogen-bond donors (Lipinski definition) is 0. The molecule has 0 saturated carbocycles. The number of unbranched alkanes of at least 4 members (excludes halogenated alkanes) is 2. The highest BCUT2D eigenvalue weighted by atomic mass is 19.4. The molecule has 0 aromatic carbocycles. The fourth-order valence-corrected chi connectivity index (χ4v) is 0.872. The van der Waals surface area contributed by atoms with Gasteiger partial charge in [-0.15, -0.1) is 0 Å². The van der Waals surface area contributed by atoms with Gasteiger partial charge in [-0.3, -0.25) is 0 Å². The summed E-state index contributed by atoms with van der Waals surface area (Å²) in [6.07, 6.45) is 1.90. The maximum absolute atomic E-state index is 11.6. The lowest BCUT2D eigenvalue weighted by atomic mass is 10.2. The lowest BCUT2D eigenvalue weighted by Gasteiger charge is -2.03. The van der Waals surface area contributed by atoms with Crippen molar-refractivity contribution in [1.29, 1.82) is 0 Å². The highest BCUT2D eigenvalue weighted by Gasteiger charge is 2.25. The van der Waals surface area contributed by atoms with E-state index in [2.05, 4.69) is 0 Å². The van der Waals surface area contributed by atoms with E-state index in [-0.39, 0.29) is 6.42 Å². The van der Waals surface area contributed by atoms with Gasteiger partial charge in [-0.2, -0.15) is 13.2 Å². The summed E-state index contributed by atoms with van der Waals surface area (Å²) in [4.78, 5) is 0. The van der Waals surface area contributed by atoms with Gasteiger partial charge in [0, 0.05) is 6.42 Å². The van der Waals surface area contributed by atoms with E-state index < -0.39 is 12.6 Å². The molecule has 0 nitrogen and oxygen atoms in total. The third-order valence-corrected chi connectivity index (χ3v) is 1.48. The molecule has 3 heteroatoms. The third kappa shape index (κ3) is 9.53. The summed E-state index contributed by atoms with van der Waals surface area (Å²) < 4.78 is 34.8. The van der Waals surface area contributed by atoms with Crippen molar-refractivity contribution in [2.75, 3.05) is 0 Å². The summed E-state index contributed by atoms with van der Waals surface area (Å²) >= 11 is 0. The minimum Gasteiger partial charge on any atom is -0.171 e. The van der Waals surface area contributed by atoms with Gasteiger partial charge in [0.15, 0.2) is 0 Å². The van der Waals surface area contributed by atoms with Gasteiger partial charge >= 0.3 is 6.18 Å². The zero-order valence-corrected chi connectivity index (χ0v) is 7.32. The van der Waals surface area contributed by atoms with E-state index in [4.69, 9.17) is 0 Å². The molecule has 0 heterocycles. The SMILES string of the molecule is CCC=CCCCCC(F)(F)F. The van der Waals surface area contributed by atoms with E-state index in [1.54, 1.807) is 0 Å². The smallest absolute Gasteiger partial charge is 0.171 e. The van der Waals surface area contributed by atoms with Crippen LogP contribution in [0, 0.1) is 0 Å². The van der Waals surface area contributed by atoms with Crippen LogP contribution in [0.4, 0.5) is 13.2 Å². The van der Waals surface area contributed by atoms with Crippen LogP contribution in [0.1, 0.15) is 39.0 Å². The zero-order chi connectivity index (χ0) is 9.45. The summed E-state index contributed by atoms with van der Waals surface area (Å²) in [5.41, 5.74) is 0. The molecule has 0 spiro atoms. The average Bonchev–Trinajstić information content (AvgIpc) is 1.94. The van der Waals surface area contributed by atoms with Crippen LogP contribution in [-0.2, 0) is 0 Å². The van der Waals surface area contributed by atoms with Crippen molar-refractivity contribution in [3.8, 4) is 0 Å². The molecule has 0 saturated heterocycles. The van der Waals surface area contributed by atoms with E-state index in [1.165, 1.54) is 0 Å². The monoisotopic (exact) mass is 180 g/mol. The molecule has 0 aliphatic rings. The van der Waals surface area contributed by atoms with E-state index in [9.17, 15) is 13.2 Å². The fraction of sp³-hybridized carbons (Fsp3) is 0.778. The Labute approximate surface area is 71.5 Å². The van der Waals surface area contributed by atoms with Crippen molar-refractivity contribution in [2.45, 2.75) is 45.2 Å². The first-order chi connectivity index (χ1) is 5.56. The normalized spacial score (nSPS) is 12.7. The van der Waals surface area contributed by atoms with Gasteiger partial charge in [0.1, 0.15) is 0 Å².